The van der Waals surface area contributed by atoms with Crippen LogP contribution in [0.2, 0.25) is 10.0 Å². The minimum absolute atomic E-state index is 0.0160. The van der Waals surface area contributed by atoms with E-state index in [0.717, 1.165) is 17.8 Å². The first-order chi connectivity index (χ1) is 12.3. The van der Waals surface area contributed by atoms with Gasteiger partial charge in [-0.2, -0.15) is 4.31 Å². The number of anilines is 1. The van der Waals surface area contributed by atoms with Crippen molar-refractivity contribution in [2.45, 2.75) is 4.90 Å². The molecule has 5 nitrogen and oxygen atoms in total. The molecule has 9 heteroatoms. The molecule has 2 aromatic carbocycles. The molecule has 1 heterocycles. The molecule has 0 saturated carbocycles. The first-order valence-corrected chi connectivity index (χ1v) is 10.1. The molecule has 3 rings (SSSR count). The lowest BCUT2D eigenvalue weighted by molar-refractivity contribution is 0.378. The quantitative estimate of drug-likeness (QED) is 0.759. The van der Waals surface area contributed by atoms with Gasteiger partial charge in [0.25, 0.3) is 0 Å². The van der Waals surface area contributed by atoms with E-state index in [1.807, 2.05) is 4.90 Å². The van der Waals surface area contributed by atoms with Gasteiger partial charge in [-0.05, 0) is 36.4 Å². The molecule has 0 aliphatic carbocycles. The van der Waals surface area contributed by atoms with E-state index >= 15 is 0 Å². The molecule has 0 aromatic heterocycles. The Morgan fingerprint density at radius 1 is 1.04 bits per heavy atom. The number of methoxy groups -OCH3 is 1. The van der Waals surface area contributed by atoms with Crippen LogP contribution in [-0.4, -0.2) is 46.0 Å². The average Bonchev–Trinajstić information content (AvgIpc) is 2.64. The van der Waals surface area contributed by atoms with Gasteiger partial charge in [0.05, 0.1) is 22.7 Å². The summed E-state index contributed by atoms with van der Waals surface area (Å²) in [6.45, 7) is 1.52. The number of hydrogen-bond donors (Lipinski definition) is 0. The number of nitrogens with zero attached hydrogens (tertiary/aromatic N) is 2. The molecule has 26 heavy (non-hydrogen) atoms. The van der Waals surface area contributed by atoms with E-state index in [0.29, 0.717) is 23.9 Å². The largest absolute Gasteiger partial charge is 0.495 e. The first-order valence-electron chi connectivity index (χ1n) is 7.86. The monoisotopic (exact) mass is 418 g/mol. The van der Waals surface area contributed by atoms with E-state index in [1.54, 1.807) is 25.3 Å². The van der Waals surface area contributed by atoms with Gasteiger partial charge in [-0.25, -0.2) is 12.8 Å². The van der Waals surface area contributed by atoms with Gasteiger partial charge in [0.15, 0.2) is 0 Å². The molecule has 1 fully saturated rings. The third-order valence-corrected chi connectivity index (χ3v) is 6.67. The third-order valence-electron chi connectivity index (χ3n) is 4.25. The summed E-state index contributed by atoms with van der Waals surface area (Å²) < 4.78 is 45.5. The normalized spacial score (nSPS) is 15.9. The highest BCUT2D eigenvalue weighted by Crippen LogP contribution is 2.32. The molecular weight excluding hydrogens is 402 g/mol. The fourth-order valence-electron chi connectivity index (χ4n) is 2.87. The van der Waals surface area contributed by atoms with E-state index in [2.05, 4.69) is 0 Å². The summed E-state index contributed by atoms with van der Waals surface area (Å²) in [5, 5.41) is 0.366. The topological polar surface area (TPSA) is 49.9 Å². The van der Waals surface area contributed by atoms with Crippen LogP contribution in [0.25, 0.3) is 0 Å². The summed E-state index contributed by atoms with van der Waals surface area (Å²) in [5.41, 5.74) is 0.821. The number of halogens is 3. The fraction of sp³-hybridized carbons (Fsp3) is 0.294. The van der Waals surface area contributed by atoms with Crippen molar-refractivity contribution in [3.05, 3.63) is 52.3 Å². The Kier molecular flexibility index (Phi) is 5.62. The standard InChI is InChI=1S/C17H17Cl2FN2O3S/c1-25-17-5-2-12(18)10-16(17)21-6-8-22(9-7-21)26(23,24)13-3-4-15(20)14(19)11-13/h2-5,10-11H,6-9H2,1H3. The number of benzene rings is 2. The van der Waals surface area contributed by atoms with Crippen molar-refractivity contribution in [3.63, 3.8) is 0 Å². The molecule has 2 aromatic rings. The summed E-state index contributed by atoms with van der Waals surface area (Å²) in [6, 6.07) is 8.73. The van der Waals surface area contributed by atoms with Gasteiger partial charge in [0.1, 0.15) is 11.6 Å². The van der Waals surface area contributed by atoms with Gasteiger partial charge in [-0.15, -0.1) is 0 Å². The predicted molar refractivity (Wildman–Crippen MR) is 100 cm³/mol. The first kappa shape index (κ1) is 19.2. The van der Waals surface area contributed by atoms with Gasteiger partial charge < -0.3 is 9.64 Å². The van der Waals surface area contributed by atoms with Crippen molar-refractivity contribution in [2.24, 2.45) is 0 Å². The Hall–Kier alpha value is -1.54. The zero-order valence-electron chi connectivity index (χ0n) is 14.0. The van der Waals surface area contributed by atoms with Crippen molar-refractivity contribution in [3.8, 4) is 5.75 Å². The Morgan fingerprint density at radius 2 is 1.73 bits per heavy atom. The third kappa shape index (κ3) is 3.76. The molecule has 0 N–H and O–H groups in total. The maximum absolute atomic E-state index is 13.3. The molecule has 0 amide bonds. The van der Waals surface area contributed by atoms with Crippen molar-refractivity contribution in [1.29, 1.82) is 0 Å². The number of ether oxygens (including phenoxy) is 1. The van der Waals surface area contributed by atoms with Crippen LogP contribution < -0.4 is 9.64 Å². The molecule has 1 saturated heterocycles. The molecule has 140 valence electrons. The van der Waals surface area contributed by atoms with E-state index in [4.69, 9.17) is 27.9 Å². The highest BCUT2D eigenvalue weighted by Gasteiger charge is 2.30. The van der Waals surface area contributed by atoms with Crippen LogP contribution in [0.3, 0.4) is 0 Å². The second kappa shape index (κ2) is 7.60. The van der Waals surface area contributed by atoms with Crippen LogP contribution in [0, 0.1) is 5.82 Å². The maximum Gasteiger partial charge on any atom is 0.243 e. The molecule has 0 unspecified atom stereocenters. The Bertz CT molecular complexity index is 916. The molecular formula is C17H17Cl2FN2O3S. The maximum atomic E-state index is 13.3. The lowest BCUT2D eigenvalue weighted by Gasteiger charge is -2.36. The molecule has 1 aliphatic rings. The summed E-state index contributed by atoms with van der Waals surface area (Å²) >= 11 is 11.8. The van der Waals surface area contributed by atoms with Crippen LogP contribution >= 0.6 is 23.2 Å². The second-order valence-corrected chi connectivity index (χ2v) is 8.56. The minimum atomic E-state index is -3.73. The van der Waals surface area contributed by atoms with Gasteiger partial charge in [0, 0.05) is 31.2 Å². The van der Waals surface area contributed by atoms with E-state index < -0.39 is 15.8 Å². The summed E-state index contributed by atoms with van der Waals surface area (Å²) in [7, 11) is -2.16. The lowest BCUT2D eigenvalue weighted by Crippen LogP contribution is -2.48. The van der Waals surface area contributed by atoms with Crippen molar-refractivity contribution in [1.82, 2.24) is 4.31 Å². The minimum Gasteiger partial charge on any atom is -0.495 e. The molecule has 1 aliphatic heterocycles. The number of hydrogen-bond acceptors (Lipinski definition) is 4. The predicted octanol–water partition coefficient (Wildman–Crippen LogP) is 3.65. The van der Waals surface area contributed by atoms with Crippen molar-refractivity contribution >= 4 is 38.9 Å². The highest BCUT2D eigenvalue weighted by atomic mass is 35.5. The van der Waals surface area contributed by atoms with Gasteiger partial charge in [-0.3, -0.25) is 0 Å². The average molecular weight is 419 g/mol. The summed E-state index contributed by atoms with van der Waals surface area (Å²) in [6.07, 6.45) is 0. The molecule has 0 spiro atoms. The van der Waals surface area contributed by atoms with Crippen LogP contribution in [-0.2, 0) is 10.0 Å². The summed E-state index contributed by atoms with van der Waals surface area (Å²) in [5.74, 6) is 0.0273. The number of sulfonamides is 1. The van der Waals surface area contributed by atoms with Crippen LogP contribution in [0.15, 0.2) is 41.3 Å². The zero-order valence-corrected chi connectivity index (χ0v) is 16.3. The lowest BCUT2D eigenvalue weighted by atomic mass is 10.2. The Morgan fingerprint density at radius 3 is 2.35 bits per heavy atom. The SMILES string of the molecule is COc1ccc(Cl)cc1N1CCN(S(=O)(=O)c2ccc(F)c(Cl)c2)CC1. The van der Waals surface area contributed by atoms with Crippen molar-refractivity contribution < 1.29 is 17.5 Å². The highest BCUT2D eigenvalue weighted by molar-refractivity contribution is 7.89. The number of piperazine rings is 1. The van der Waals surface area contributed by atoms with E-state index in [-0.39, 0.29) is 23.0 Å². The number of rotatable bonds is 4. The molecule has 0 atom stereocenters. The van der Waals surface area contributed by atoms with E-state index in [1.165, 1.54) is 10.4 Å². The van der Waals surface area contributed by atoms with Crippen LogP contribution in [0.4, 0.5) is 10.1 Å². The van der Waals surface area contributed by atoms with E-state index in [9.17, 15) is 12.8 Å². The fourth-order valence-corrected chi connectivity index (χ4v) is 4.73. The smallest absolute Gasteiger partial charge is 0.243 e. The van der Waals surface area contributed by atoms with Gasteiger partial charge in [0.2, 0.25) is 10.0 Å². The van der Waals surface area contributed by atoms with Crippen LogP contribution in [0.1, 0.15) is 0 Å². The zero-order chi connectivity index (χ0) is 18.9. The summed E-state index contributed by atoms with van der Waals surface area (Å²) in [4.78, 5) is 2.01. The van der Waals surface area contributed by atoms with Gasteiger partial charge in [-0.1, -0.05) is 23.2 Å². The Balaban J connectivity index is 1.78. The van der Waals surface area contributed by atoms with Crippen molar-refractivity contribution in [2.75, 3.05) is 38.2 Å². The molecule has 0 radical (unpaired) electrons. The Labute approximate surface area is 161 Å². The van der Waals surface area contributed by atoms with Gasteiger partial charge >= 0.3 is 0 Å². The van der Waals surface area contributed by atoms with Crippen LogP contribution in [0.5, 0.6) is 5.75 Å². The second-order valence-electron chi connectivity index (χ2n) is 5.78. The molecule has 0 bridgehead atoms.